The summed E-state index contributed by atoms with van der Waals surface area (Å²) in [6.07, 6.45) is 1.87. The van der Waals surface area contributed by atoms with Gasteiger partial charge in [-0.3, -0.25) is 14.3 Å². The van der Waals surface area contributed by atoms with E-state index in [0.717, 1.165) is 0 Å². The predicted molar refractivity (Wildman–Crippen MR) is 67.5 cm³/mol. The van der Waals surface area contributed by atoms with Crippen molar-refractivity contribution < 1.29 is 9.84 Å². The van der Waals surface area contributed by atoms with E-state index in [1.165, 1.54) is 10.8 Å². The van der Waals surface area contributed by atoms with Gasteiger partial charge in [0, 0.05) is 6.20 Å². The molecule has 0 spiro atoms. The Labute approximate surface area is 109 Å². The van der Waals surface area contributed by atoms with Gasteiger partial charge >= 0.3 is 5.69 Å². The summed E-state index contributed by atoms with van der Waals surface area (Å²) in [7, 11) is 0. The number of aromatic amines is 1. The SMILES string of the molecule is NCC#Cc1cn([C@@H]2CC[C@H](CO)O2)c(=O)[nH]c1=O. The number of nitrogens with one attached hydrogen (secondary N) is 1. The normalized spacial score (nSPS) is 22.0. The van der Waals surface area contributed by atoms with E-state index in [0.29, 0.717) is 12.8 Å². The van der Waals surface area contributed by atoms with Crippen molar-refractivity contribution in [2.24, 2.45) is 5.73 Å². The molecule has 2 rings (SSSR count). The Bertz CT molecular complexity index is 622. The number of aromatic nitrogens is 2. The first-order chi connectivity index (χ1) is 9.15. The van der Waals surface area contributed by atoms with Crippen molar-refractivity contribution in [3.05, 3.63) is 32.6 Å². The predicted octanol–water partition coefficient (Wildman–Crippen LogP) is -1.48. The summed E-state index contributed by atoms with van der Waals surface area (Å²) >= 11 is 0. The summed E-state index contributed by atoms with van der Waals surface area (Å²) in [5.74, 6) is 5.17. The van der Waals surface area contributed by atoms with E-state index in [-0.39, 0.29) is 24.8 Å². The van der Waals surface area contributed by atoms with Crippen LogP contribution in [-0.2, 0) is 4.74 Å². The van der Waals surface area contributed by atoms with Crippen LogP contribution >= 0.6 is 0 Å². The molecule has 2 atom stereocenters. The Kier molecular flexibility index (Phi) is 4.16. The number of nitrogens with zero attached hydrogens (tertiary/aromatic N) is 1. The van der Waals surface area contributed by atoms with Crippen molar-refractivity contribution in [3.8, 4) is 11.8 Å². The number of aliphatic hydroxyl groups excluding tert-OH is 1. The van der Waals surface area contributed by atoms with Crippen LogP contribution < -0.4 is 17.0 Å². The van der Waals surface area contributed by atoms with Gasteiger partial charge in [0.15, 0.2) is 0 Å². The molecule has 4 N–H and O–H groups in total. The van der Waals surface area contributed by atoms with Crippen LogP contribution in [0.25, 0.3) is 0 Å². The first-order valence-corrected chi connectivity index (χ1v) is 5.96. The number of rotatable bonds is 2. The van der Waals surface area contributed by atoms with E-state index in [1.807, 2.05) is 0 Å². The second kappa shape index (κ2) is 5.84. The fourth-order valence-corrected chi connectivity index (χ4v) is 1.96. The van der Waals surface area contributed by atoms with Crippen molar-refractivity contribution >= 4 is 0 Å². The maximum atomic E-state index is 11.7. The molecule has 0 amide bonds. The third-order valence-corrected chi connectivity index (χ3v) is 2.89. The Morgan fingerprint density at radius 3 is 2.95 bits per heavy atom. The molecule has 1 aliphatic heterocycles. The second-order valence-electron chi connectivity index (χ2n) is 4.19. The number of hydrogen-bond acceptors (Lipinski definition) is 5. The lowest BCUT2D eigenvalue weighted by molar-refractivity contribution is -0.0246. The number of H-pyrrole nitrogens is 1. The van der Waals surface area contributed by atoms with Crippen LogP contribution in [-0.4, -0.2) is 33.9 Å². The maximum Gasteiger partial charge on any atom is 0.330 e. The van der Waals surface area contributed by atoms with E-state index >= 15 is 0 Å². The van der Waals surface area contributed by atoms with Crippen molar-refractivity contribution in [3.63, 3.8) is 0 Å². The fourth-order valence-electron chi connectivity index (χ4n) is 1.96. The first kappa shape index (κ1) is 13.5. The molecule has 1 fully saturated rings. The van der Waals surface area contributed by atoms with Gasteiger partial charge in [0.2, 0.25) is 0 Å². The summed E-state index contributed by atoms with van der Waals surface area (Å²) in [6.45, 7) is 0.0412. The van der Waals surface area contributed by atoms with Gasteiger partial charge in [0.25, 0.3) is 5.56 Å². The van der Waals surface area contributed by atoms with Crippen molar-refractivity contribution in [1.29, 1.82) is 0 Å². The molecule has 0 aliphatic carbocycles. The average molecular weight is 265 g/mol. The van der Waals surface area contributed by atoms with Crippen LogP contribution in [0.2, 0.25) is 0 Å². The molecule has 1 aliphatic rings. The summed E-state index contributed by atoms with van der Waals surface area (Å²) in [5, 5.41) is 9.01. The molecule has 102 valence electrons. The molecule has 0 unspecified atom stereocenters. The van der Waals surface area contributed by atoms with Gasteiger partial charge in [-0.15, -0.1) is 0 Å². The van der Waals surface area contributed by atoms with Gasteiger partial charge in [0.05, 0.1) is 19.3 Å². The van der Waals surface area contributed by atoms with Crippen LogP contribution in [0.15, 0.2) is 15.8 Å². The smallest absolute Gasteiger partial charge is 0.330 e. The monoisotopic (exact) mass is 265 g/mol. The zero-order chi connectivity index (χ0) is 13.8. The Morgan fingerprint density at radius 1 is 1.53 bits per heavy atom. The van der Waals surface area contributed by atoms with E-state index in [4.69, 9.17) is 15.6 Å². The van der Waals surface area contributed by atoms with Crippen molar-refractivity contribution in [1.82, 2.24) is 9.55 Å². The second-order valence-corrected chi connectivity index (χ2v) is 4.19. The highest BCUT2D eigenvalue weighted by molar-refractivity contribution is 5.29. The van der Waals surface area contributed by atoms with Gasteiger partial charge in [-0.2, -0.15) is 0 Å². The fraction of sp³-hybridized carbons (Fsp3) is 0.500. The minimum Gasteiger partial charge on any atom is -0.394 e. The van der Waals surface area contributed by atoms with Gasteiger partial charge in [-0.25, -0.2) is 4.79 Å². The molecular weight excluding hydrogens is 250 g/mol. The lowest BCUT2D eigenvalue weighted by atomic mass is 10.2. The number of hydrogen-bond donors (Lipinski definition) is 3. The topological polar surface area (TPSA) is 110 Å². The largest absolute Gasteiger partial charge is 0.394 e. The Hall–Kier alpha value is -1.88. The zero-order valence-electron chi connectivity index (χ0n) is 10.3. The summed E-state index contributed by atoms with van der Waals surface area (Å²) in [5.41, 5.74) is 4.32. The van der Waals surface area contributed by atoms with Crippen LogP contribution in [0, 0.1) is 11.8 Å². The van der Waals surface area contributed by atoms with E-state index in [9.17, 15) is 9.59 Å². The number of ether oxygens (including phenoxy) is 1. The molecule has 7 nitrogen and oxygen atoms in total. The quantitative estimate of drug-likeness (QED) is 0.565. The maximum absolute atomic E-state index is 11.7. The van der Waals surface area contributed by atoms with Crippen LogP contribution in [0.1, 0.15) is 24.6 Å². The molecule has 0 bridgehead atoms. The number of nitrogens with two attached hydrogens (primary N) is 1. The summed E-state index contributed by atoms with van der Waals surface area (Å²) in [6, 6.07) is 0. The van der Waals surface area contributed by atoms with Gasteiger partial charge in [0.1, 0.15) is 11.8 Å². The number of aliphatic hydroxyl groups is 1. The lowest BCUT2D eigenvalue weighted by Gasteiger charge is -2.14. The van der Waals surface area contributed by atoms with Crippen LogP contribution in [0.3, 0.4) is 0 Å². The summed E-state index contributed by atoms with van der Waals surface area (Å²) < 4.78 is 6.78. The highest BCUT2D eigenvalue weighted by Gasteiger charge is 2.26. The minimum atomic E-state index is -0.549. The van der Waals surface area contributed by atoms with Crippen LogP contribution in [0.5, 0.6) is 0 Å². The molecular formula is C12H15N3O4. The molecule has 0 saturated carbocycles. The average Bonchev–Trinajstić information content (AvgIpc) is 2.86. The molecule has 1 saturated heterocycles. The zero-order valence-corrected chi connectivity index (χ0v) is 10.3. The lowest BCUT2D eigenvalue weighted by Crippen LogP contribution is -2.33. The van der Waals surface area contributed by atoms with Gasteiger partial charge in [-0.1, -0.05) is 11.8 Å². The van der Waals surface area contributed by atoms with Crippen molar-refractivity contribution in [2.75, 3.05) is 13.2 Å². The van der Waals surface area contributed by atoms with Gasteiger partial charge < -0.3 is 15.6 Å². The molecule has 1 aromatic rings. The Morgan fingerprint density at radius 2 is 2.32 bits per heavy atom. The molecule has 0 aromatic carbocycles. The van der Waals surface area contributed by atoms with Gasteiger partial charge in [-0.05, 0) is 12.8 Å². The molecule has 2 heterocycles. The van der Waals surface area contributed by atoms with E-state index in [1.54, 1.807) is 0 Å². The molecule has 0 radical (unpaired) electrons. The summed E-state index contributed by atoms with van der Waals surface area (Å²) in [4.78, 5) is 25.5. The molecule has 19 heavy (non-hydrogen) atoms. The first-order valence-electron chi connectivity index (χ1n) is 5.96. The van der Waals surface area contributed by atoms with E-state index in [2.05, 4.69) is 16.8 Å². The highest BCUT2D eigenvalue weighted by atomic mass is 16.5. The third kappa shape index (κ3) is 2.93. The highest BCUT2D eigenvalue weighted by Crippen LogP contribution is 2.26. The Balaban J connectivity index is 2.36. The molecule has 7 heteroatoms. The van der Waals surface area contributed by atoms with E-state index < -0.39 is 17.5 Å². The molecule has 1 aromatic heterocycles. The van der Waals surface area contributed by atoms with Crippen molar-refractivity contribution in [2.45, 2.75) is 25.2 Å². The van der Waals surface area contributed by atoms with Crippen LogP contribution in [0.4, 0.5) is 0 Å². The third-order valence-electron chi connectivity index (χ3n) is 2.89. The minimum absolute atomic E-state index is 0.0888. The standard InChI is InChI=1S/C12H15N3O4/c13-5-1-2-8-6-15(12(18)14-11(8)17)10-4-3-9(7-16)19-10/h6,9-10,16H,3-5,7,13H2,(H,14,17,18)/t9-,10+/m1/s1.